The Balaban J connectivity index is 1.96. The summed E-state index contributed by atoms with van der Waals surface area (Å²) in [7, 11) is 0. The summed E-state index contributed by atoms with van der Waals surface area (Å²) in [4.78, 5) is 0. The number of halogens is 3. The molecule has 1 fully saturated rings. The molecule has 0 saturated carbocycles. The van der Waals surface area contributed by atoms with E-state index in [0.29, 0.717) is 22.1 Å². The normalized spacial score (nSPS) is 17.4. The van der Waals surface area contributed by atoms with E-state index in [9.17, 15) is 4.39 Å². The summed E-state index contributed by atoms with van der Waals surface area (Å²) in [6, 6.07) is 3.50. The van der Waals surface area contributed by atoms with Crippen molar-refractivity contribution in [3.8, 4) is 0 Å². The summed E-state index contributed by atoms with van der Waals surface area (Å²) in [6.45, 7) is 2.17. The van der Waals surface area contributed by atoms with Gasteiger partial charge in [-0.15, -0.1) is 0 Å². The number of benzene rings is 1. The average molecular weight is 323 g/mol. The SMILES string of the molecule is Fc1cc(CNC2CCOCC2)c(Cl)cc1Br. The van der Waals surface area contributed by atoms with Crippen molar-refractivity contribution in [2.45, 2.75) is 25.4 Å². The standard InChI is InChI=1S/C12H14BrClFNO/c13-10-6-11(14)8(5-12(10)15)7-16-9-1-3-17-4-2-9/h5-6,9,16H,1-4,7H2. The van der Waals surface area contributed by atoms with E-state index < -0.39 is 0 Å². The van der Waals surface area contributed by atoms with Gasteiger partial charge in [-0.2, -0.15) is 0 Å². The molecule has 0 aliphatic carbocycles. The lowest BCUT2D eigenvalue weighted by Crippen LogP contribution is -2.34. The van der Waals surface area contributed by atoms with Crippen LogP contribution in [0.4, 0.5) is 4.39 Å². The van der Waals surface area contributed by atoms with Gasteiger partial charge in [0.25, 0.3) is 0 Å². The molecular weight excluding hydrogens is 308 g/mol. The fourth-order valence-electron chi connectivity index (χ4n) is 1.86. The number of hydrogen-bond donors (Lipinski definition) is 1. The van der Waals surface area contributed by atoms with Crippen molar-refractivity contribution in [2.24, 2.45) is 0 Å². The van der Waals surface area contributed by atoms with Crippen molar-refractivity contribution >= 4 is 27.5 Å². The van der Waals surface area contributed by atoms with Gasteiger partial charge in [-0.3, -0.25) is 0 Å². The van der Waals surface area contributed by atoms with Crippen molar-refractivity contribution in [3.05, 3.63) is 33.0 Å². The molecule has 0 radical (unpaired) electrons. The highest BCUT2D eigenvalue weighted by Crippen LogP contribution is 2.24. The lowest BCUT2D eigenvalue weighted by molar-refractivity contribution is 0.0776. The molecule has 1 N–H and O–H groups in total. The summed E-state index contributed by atoms with van der Waals surface area (Å²) in [5, 5.41) is 3.96. The molecule has 1 aliphatic heterocycles. The maximum atomic E-state index is 13.4. The molecule has 1 saturated heterocycles. The highest BCUT2D eigenvalue weighted by atomic mass is 79.9. The molecule has 0 atom stereocenters. The van der Waals surface area contributed by atoms with E-state index in [-0.39, 0.29) is 5.82 Å². The Hall–Kier alpha value is -0.160. The van der Waals surface area contributed by atoms with E-state index in [1.807, 2.05) is 0 Å². The van der Waals surface area contributed by atoms with Crippen LogP contribution in [0.1, 0.15) is 18.4 Å². The number of nitrogens with one attached hydrogen (secondary N) is 1. The first kappa shape index (κ1) is 13.3. The van der Waals surface area contributed by atoms with Crippen LogP contribution in [0.5, 0.6) is 0 Å². The Kier molecular flexibility index (Phi) is 4.79. The summed E-state index contributed by atoms with van der Waals surface area (Å²) in [5.41, 5.74) is 0.791. The zero-order valence-electron chi connectivity index (χ0n) is 9.31. The summed E-state index contributed by atoms with van der Waals surface area (Å²) in [5.74, 6) is -0.279. The van der Waals surface area contributed by atoms with Gasteiger partial charge >= 0.3 is 0 Å². The lowest BCUT2D eigenvalue weighted by atomic mass is 10.1. The fourth-order valence-corrected chi connectivity index (χ4v) is 2.56. The number of hydrogen-bond acceptors (Lipinski definition) is 2. The number of rotatable bonds is 3. The Morgan fingerprint density at radius 2 is 2.12 bits per heavy atom. The molecule has 2 rings (SSSR count). The second-order valence-electron chi connectivity index (χ2n) is 4.13. The van der Waals surface area contributed by atoms with Gasteiger partial charge in [0.15, 0.2) is 0 Å². The second-order valence-corrected chi connectivity index (χ2v) is 5.39. The van der Waals surface area contributed by atoms with E-state index in [1.54, 1.807) is 6.07 Å². The van der Waals surface area contributed by atoms with E-state index in [2.05, 4.69) is 21.2 Å². The van der Waals surface area contributed by atoms with Gasteiger partial charge < -0.3 is 10.1 Å². The van der Waals surface area contributed by atoms with Gasteiger partial charge in [0.1, 0.15) is 5.82 Å². The molecule has 2 nitrogen and oxygen atoms in total. The van der Waals surface area contributed by atoms with Gasteiger partial charge in [-0.1, -0.05) is 11.6 Å². The van der Waals surface area contributed by atoms with Crippen molar-refractivity contribution in [3.63, 3.8) is 0 Å². The molecule has 0 aromatic heterocycles. The largest absolute Gasteiger partial charge is 0.381 e. The third-order valence-corrected chi connectivity index (χ3v) is 3.85. The Morgan fingerprint density at radius 3 is 2.82 bits per heavy atom. The first-order valence-electron chi connectivity index (χ1n) is 5.61. The number of ether oxygens (including phenoxy) is 1. The molecule has 1 aliphatic rings. The molecule has 1 heterocycles. The third kappa shape index (κ3) is 3.65. The maximum absolute atomic E-state index is 13.4. The van der Waals surface area contributed by atoms with E-state index in [4.69, 9.17) is 16.3 Å². The third-order valence-electron chi connectivity index (χ3n) is 2.89. The van der Waals surface area contributed by atoms with Crippen LogP contribution in [-0.2, 0) is 11.3 Å². The van der Waals surface area contributed by atoms with Crippen molar-refractivity contribution in [1.29, 1.82) is 0 Å². The Bertz CT molecular complexity index is 396. The highest BCUT2D eigenvalue weighted by Gasteiger charge is 2.14. The van der Waals surface area contributed by atoms with Crippen LogP contribution in [0.25, 0.3) is 0 Å². The lowest BCUT2D eigenvalue weighted by Gasteiger charge is -2.23. The predicted molar refractivity (Wildman–Crippen MR) is 69.8 cm³/mol. The van der Waals surface area contributed by atoms with Crippen LogP contribution in [0.2, 0.25) is 5.02 Å². The fraction of sp³-hybridized carbons (Fsp3) is 0.500. The van der Waals surface area contributed by atoms with Crippen LogP contribution in [0.3, 0.4) is 0 Å². The van der Waals surface area contributed by atoms with Gasteiger partial charge in [0.05, 0.1) is 4.47 Å². The predicted octanol–water partition coefficient (Wildman–Crippen LogP) is 3.51. The van der Waals surface area contributed by atoms with Crippen LogP contribution < -0.4 is 5.32 Å². The van der Waals surface area contributed by atoms with Crippen molar-refractivity contribution < 1.29 is 9.13 Å². The first-order chi connectivity index (χ1) is 8.16. The molecular formula is C12H14BrClFNO. The first-order valence-corrected chi connectivity index (χ1v) is 6.78. The minimum atomic E-state index is -0.279. The van der Waals surface area contributed by atoms with Gasteiger partial charge in [-0.05, 0) is 46.5 Å². The average Bonchev–Trinajstić information content (AvgIpc) is 2.33. The summed E-state index contributed by atoms with van der Waals surface area (Å²) in [6.07, 6.45) is 1.99. The molecule has 0 unspecified atom stereocenters. The maximum Gasteiger partial charge on any atom is 0.137 e. The molecule has 94 valence electrons. The minimum absolute atomic E-state index is 0.279. The van der Waals surface area contributed by atoms with E-state index >= 15 is 0 Å². The summed E-state index contributed by atoms with van der Waals surface area (Å²) < 4.78 is 19.0. The van der Waals surface area contributed by atoms with Gasteiger partial charge in [-0.25, -0.2) is 4.39 Å². The van der Waals surface area contributed by atoms with E-state index in [1.165, 1.54) is 6.07 Å². The second kappa shape index (κ2) is 6.14. The van der Waals surface area contributed by atoms with Crippen LogP contribution >= 0.6 is 27.5 Å². The topological polar surface area (TPSA) is 21.3 Å². The zero-order valence-corrected chi connectivity index (χ0v) is 11.7. The van der Waals surface area contributed by atoms with Crippen LogP contribution in [0.15, 0.2) is 16.6 Å². The van der Waals surface area contributed by atoms with Crippen molar-refractivity contribution in [1.82, 2.24) is 5.32 Å². The molecule has 5 heteroatoms. The molecule has 1 aromatic rings. The smallest absolute Gasteiger partial charge is 0.137 e. The van der Waals surface area contributed by atoms with Crippen LogP contribution in [0, 0.1) is 5.82 Å². The monoisotopic (exact) mass is 321 g/mol. The molecule has 0 bridgehead atoms. The van der Waals surface area contributed by atoms with E-state index in [0.717, 1.165) is 31.6 Å². The molecule has 0 spiro atoms. The molecule has 1 aromatic carbocycles. The van der Waals surface area contributed by atoms with Crippen molar-refractivity contribution in [2.75, 3.05) is 13.2 Å². The minimum Gasteiger partial charge on any atom is -0.381 e. The highest BCUT2D eigenvalue weighted by molar-refractivity contribution is 9.10. The molecule has 17 heavy (non-hydrogen) atoms. The molecule has 0 amide bonds. The Morgan fingerprint density at radius 1 is 1.41 bits per heavy atom. The zero-order chi connectivity index (χ0) is 12.3. The quantitative estimate of drug-likeness (QED) is 0.860. The summed E-state index contributed by atoms with van der Waals surface area (Å²) >= 11 is 9.17. The Labute approximate surface area is 114 Å². The van der Waals surface area contributed by atoms with Crippen LogP contribution in [-0.4, -0.2) is 19.3 Å². The van der Waals surface area contributed by atoms with Gasteiger partial charge in [0.2, 0.25) is 0 Å². The van der Waals surface area contributed by atoms with Gasteiger partial charge in [0, 0.05) is 30.8 Å².